The van der Waals surface area contributed by atoms with Gasteiger partial charge in [-0.25, -0.2) is 0 Å². The molecular formula is C14H22O2. The fourth-order valence-electron chi connectivity index (χ4n) is 1.37. The largest absolute Gasteiger partial charge is 0.371 e. The van der Waals surface area contributed by atoms with Gasteiger partial charge in [-0.2, -0.15) is 0 Å². The van der Waals surface area contributed by atoms with E-state index in [4.69, 9.17) is 9.47 Å². The quantitative estimate of drug-likeness (QED) is 0.499. The zero-order chi connectivity index (χ0) is 12.2. The monoisotopic (exact) mass is 222 g/mol. The summed E-state index contributed by atoms with van der Waals surface area (Å²) in [7, 11) is 0. The van der Waals surface area contributed by atoms with Crippen molar-refractivity contribution < 1.29 is 9.47 Å². The summed E-state index contributed by atoms with van der Waals surface area (Å²) in [5.74, 6) is 0. The molecule has 16 heavy (non-hydrogen) atoms. The predicted molar refractivity (Wildman–Crippen MR) is 69.5 cm³/mol. The lowest BCUT2D eigenvalue weighted by atomic mass is 10.1. The van der Waals surface area contributed by atoms with Crippen LogP contribution in [0.25, 0.3) is 0 Å². The summed E-state index contributed by atoms with van der Waals surface area (Å²) in [4.78, 5) is 0. The number of ether oxygens (including phenoxy) is 2. The molecule has 0 fully saturated rings. The van der Waals surface area contributed by atoms with E-state index in [-0.39, 0.29) is 12.2 Å². The second-order valence-electron chi connectivity index (χ2n) is 3.37. The summed E-state index contributed by atoms with van der Waals surface area (Å²) in [6.07, 6.45) is 8.63. The summed E-state index contributed by atoms with van der Waals surface area (Å²) in [6.45, 7) is 15.7. The van der Waals surface area contributed by atoms with E-state index in [1.807, 2.05) is 12.2 Å². The van der Waals surface area contributed by atoms with E-state index in [0.29, 0.717) is 13.2 Å². The Kier molecular flexibility index (Phi) is 9.67. The number of rotatable bonds is 11. The first kappa shape index (κ1) is 14.9. The molecule has 0 N–H and O–H groups in total. The fourth-order valence-corrected chi connectivity index (χ4v) is 1.37. The van der Waals surface area contributed by atoms with Crippen LogP contribution in [0.5, 0.6) is 0 Å². The Morgan fingerprint density at radius 2 is 1.06 bits per heavy atom. The zero-order valence-electron chi connectivity index (χ0n) is 9.94. The molecule has 0 aromatic heterocycles. The predicted octanol–water partition coefficient (Wildman–Crippen LogP) is 3.28. The fraction of sp³-hybridized carbons (Fsp3) is 0.429. The van der Waals surface area contributed by atoms with Gasteiger partial charge in [0.25, 0.3) is 0 Å². The van der Waals surface area contributed by atoms with Gasteiger partial charge in [0, 0.05) is 0 Å². The van der Waals surface area contributed by atoms with E-state index in [1.165, 1.54) is 0 Å². The molecule has 90 valence electrons. The van der Waals surface area contributed by atoms with Gasteiger partial charge in [-0.15, -0.1) is 26.3 Å². The average Bonchev–Trinajstić information content (AvgIpc) is 2.30. The van der Waals surface area contributed by atoms with Crippen molar-refractivity contribution in [1.82, 2.24) is 0 Å². The van der Waals surface area contributed by atoms with Crippen LogP contribution < -0.4 is 0 Å². The van der Waals surface area contributed by atoms with Gasteiger partial charge in [-0.05, 0) is 12.8 Å². The Balaban J connectivity index is 4.34. The van der Waals surface area contributed by atoms with Crippen molar-refractivity contribution in [1.29, 1.82) is 0 Å². The zero-order valence-corrected chi connectivity index (χ0v) is 9.94. The molecule has 0 aromatic carbocycles. The molecule has 0 saturated heterocycles. The Bertz CT molecular complexity index is 197. The maximum absolute atomic E-state index is 5.65. The smallest absolute Gasteiger partial charge is 0.0878 e. The van der Waals surface area contributed by atoms with E-state index in [0.717, 1.165) is 12.8 Å². The summed E-state index contributed by atoms with van der Waals surface area (Å²) >= 11 is 0. The van der Waals surface area contributed by atoms with Crippen LogP contribution in [0, 0.1) is 0 Å². The van der Waals surface area contributed by atoms with Crippen LogP contribution in [0.15, 0.2) is 50.6 Å². The number of hydrogen-bond donors (Lipinski definition) is 0. The van der Waals surface area contributed by atoms with Crippen LogP contribution in [-0.4, -0.2) is 25.4 Å². The van der Waals surface area contributed by atoms with Gasteiger partial charge in [0.15, 0.2) is 0 Å². The van der Waals surface area contributed by atoms with Gasteiger partial charge in [0.1, 0.15) is 0 Å². The highest BCUT2D eigenvalue weighted by Crippen LogP contribution is 2.13. The van der Waals surface area contributed by atoms with Crippen molar-refractivity contribution in [2.45, 2.75) is 25.0 Å². The topological polar surface area (TPSA) is 18.5 Å². The van der Waals surface area contributed by atoms with Gasteiger partial charge < -0.3 is 9.47 Å². The van der Waals surface area contributed by atoms with E-state index < -0.39 is 0 Å². The third-order valence-electron chi connectivity index (χ3n) is 2.07. The van der Waals surface area contributed by atoms with Crippen LogP contribution >= 0.6 is 0 Å². The summed E-state index contributed by atoms with van der Waals surface area (Å²) in [5, 5.41) is 0. The molecule has 0 heterocycles. The minimum absolute atomic E-state index is 0.00606. The van der Waals surface area contributed by atoms with Crippen molar-refractivity contribution in [3.8, 4) is 0 Å². The summed E-state index contributed by atoms with van der Waals surface area (Å²) in [6, 6.07) is 0. The first-order valence-corrected chi connectivity index (χ1v) is 5.46. The average molecular weight is 222 g/mol. The van der Waals surface area contributed by atoms with Crippen LogP contribution in [-0.2, 0) is 9.47 Å². The molecule has 0 rings (SSSR count). The molecule has 0 saturated carbocycles. The van der Waals surface area contributed by atoms with Crippen LogP contribution in [0.3, 0.4) is 0 Å². The molecular weight excluding hydrogens is 200 g/mol. The molecule has 2 atom stereocenters. The molecule has 0 unspecified atom stereocenters. The normalized spacial score (nSPS) is 13.8. The van der Waals surface area contributed by atoms with Crippen LogP contribution in [0.2, 0.25) is 0 Å². The van der Waals surface area contributed by atoms with Gasteiger partial charge in [-0.3, -0.25) is 0 Å². The SMILES string of the molecule is C=CCO[C@H](CC=C)[C@@H](CC=C)OCC=C. The third kappa shape index (κ3) is 6.38. The molecule has 0 aliphatic rings. The Morgan fingerprint density at radius 3 is 1.31 bits per heavy atom. The Hall–Kier alpha value is -1.12. The standard InChI is InChI=1S/C14H22O2/c1-5-9-13(15-11-7-3)14(10-6-2)16-12-8-4/h5-8,13-14H,1-4,9-12H2/t13-,14-/m1/s1. The molecule has 0 aliphatic heterocycles. The van der Waals surface area contributed by atoms with Crippen molar-refractivity contribution in [2.75, 3.05) is 13.2 Å². The van der Waals surface area contributed by atoms with Crippen molar-refractivity contribution in [3.05, 3.63) is 50.6 Å². The lowest BCUT2D eigenvalue weighted by molar-refractivity contribution is -0.0547. The summed E-state index contributed by atoms with van der Waals surface area (Å²) in [5.41, 5.74) is 0. The highest BCUT2D eigenvalue weighted by atomic mass is 16.5. The Labute approximate surface area is 99.0 Å². The molecule has 0 aliphatic carbocycles. The van der Waals surface area contributed by atoms with Gasteiger partial charge >= 0.3 is 0 Å². The third-order valence-corrected chi connectivity index (χ3v) is 2.07. The van der Waals surface area contributed by atoms with Crippen molar-refractivity contribution in [3.63, 3.8) is 0 Å². The van der Waals surface area contributed by atoms with Gasteiger partial charge in [0.05, 0.1) is 25.4 Å². The molecule has 0 radical (unpaired) electrons. The maximum atomic E-state index is 5.65. The molecule has 2 nitrogen and oxygen atoms in total. The van der Waals surface area contributed by atoms with Gasteiger partial charge in [0.2, 0.25) is 0 Å². The molecule has 2 heteroatoms. The second-order valence-corrected chi connectivity index (χ2v) is 3.37. The van der Waals surface area contributed by atoms with E-state index >= 15 is 0 Å². The van der Waals surface area contributed by atoms with Crippen molar-refractivity contribution >= 4 is 0 Å². The van der Waals surface area contributed by atoms with Gasteiger partial charge in [-0.1, -0.05) is 24.3 Å². The van der Waals surface area contributed by atoms with Crippen LogP contribution in [0.4, 0.5) is 0 Å². The Morgan fingerprint density at radius 1 is 0.688 bits per heavy atom. The first-order chi connectivity index (χ1) is 7.79. The lowest BCUT2D eigenvalue weighted by Crippen LogP contribution is -2.31. The lowest BCUT2D eigenvalue weighted by Gasteiger charge is -2.25. The van der Waals surface area contributed by atoms with E-state index in [2.05, 4.69) is 26.3 Å². The molecule has 0 amide bonds. The highest BCUT2D eigenvalue weighted by Gasteiger charge is 2.19. The second kappa shape index (κ2) is 10.4. The number of hydrogen-bond acceptors (Lipinski definition) is 2. The highest BCUT2D eigenvalue weighted by molar-refractivity contribution is 4.86. The van der Waals surface area contributed by atoms with E-state index in [9.17, 15) is 0 Å². The minimum Gasteiger partial charge on any atom is -0.371 e. The minimum atomic E-state index is -0.00606. The molecule has 0 bridgehead atoms. The maximum Gasteiger partial charge on any atom is 0.0878 e. The van der Waals surface area contributed by atoms with E-state index in [1.54, 1.807) is 12.2 Å². The first-order valence-electron chi connectivity index (χ1n) is 5.46. The molecule has 0 aromatic rings. The molecule has 0 spiro atoms. The van der Waals surface area contributed by atoms with Crippen molar-refractivity contribution in [2.24, 2.45) is 0 Å². The summed E-state index contributed by atoms with van der Waals surface area (Å²) < 4.78 is 11.3. The van der Waals surface area contributed by atoms with Crippen LogP contribution in [0.1, 0.15) is 12.8 Å².